The molecule has 0 aliphatic heterocycles. The Kier molecular flexibility index (Phi) is 4.43. The maximum absolute atomic E-state index is 12.9. The van der Waals surface area contributed by atoms with Crippen LogP contribution in [0, 0.1) is 0 Å². The van der Waals surface area contributed by atoms with E-state index in [0.29, 0.717) is 12.1 Å². The van der Waals surface area contributed by atoms with Gasteiger partial charge in [-0.15, -0.1) is 0 Å². The molecule has 0 amide bonds. The lowest BCUT2D eigenvalue weighted by molar-refractivity contribution is -0.138. The van der Waals surface area contributed by atoms with Gasteiger partial charge in [-0.3, -0.25) is 4.90 Å². The van der Waals surface area contributed by atoms with E-state index in [1.54, 1.807) is 12.1 Å². The van der Waals surface area contributed by atoms with Crippen LogP contribution < -0.4 is 0 Å². The molecule has 1 nitrogen and oxygen atoms in total. The Labute approximate surface area is 107 Å². The first kappa shape index (κ1) is 15.0. The van der Waals surface area contributed by atoms with Crippen molar-refractivity contribution in [3.63, 3.8) is 0 Å². The molecule has 0 aromatic heterocycles. The summed E-state index contributed by atoms with van der Waals surface area (Å²) in [4.78, 5) is 2.03. The molecule has 1 rings (SSSR count). The highest BCUT2D eigenvalue weighted by Crippen LogP contribution is 2.33. The largest absolute Gasteiger partial charge is 0.416 e. The molecule has 0 fully saturated rings. The van der Waals surface area contributed by atoms with Crippen molar-refractivity contribution in [2.45, 2.75) is 46.0 Å². The first-order valence-corrected chi connectivity index (χ1v) is 6.06. The summed E-state index contributed by atoms with van der Waals surface area (Å²) in [7, 11) is 0. The van der Waals surface area contributed by atoms with Crippen molar-refractivity contribution >= 4 is 0 Å². The summed E-state index contributed by atoms with van der Waals surface area (Å²) in [5.74, 6) is 0. The molecule has 102 valence electrons. The van der Waals surface area contributed by atoms with E-state index >= 15 is 0 Å². The molecule has 0 spiro atoms. The number of hydrogen-bond donors (Lipinski definition) is 0. The average Bonchev–Trinajstić information content (AvgIpc) is 2.23. The minimum atomic E-state index is -4.28. The van der Waals surface area contributed by atoms with Gasteiger partial charge < -0.3 is 0 Å². The van der Waals surface area contributed by atoms with Crippen LogP contribution in [0.2, 0.25) is 0 Å². The van der Waals surface area contributed by atoms with Crippen molar-refractivity contribution in [2.75, 3.05) is 6.54 Å². The van der Waals surface area contributed by atoms with E-state index in [0.717, 1.165) is 12.6 Å². The third-order valence-corrected chi connectivity index (χ3v) is 3.01. The maximum atomic E-state index is 12.9. The van der Waals surface area contributed by atoms with E-state index in [1.165, 1.54) is 6.07 Å². The molecule has 0 radical (unpaired) electrons. The minimum absolute atomic E-state index is 0.145. The van der Waals surface area contributed by atoms with Crippen LogP contribution in [-0.2, 0) is 12.7 Å². The fourth-order valence-electron chi connectivity index (χ4n) is 1.96. The molecule has 0 saturated heterocycles. The van der Waals surface area contributed by atoms with Crippen molar-refractivity contribution in [1.29, 1.82) is 0 Å². The van der Waals surface area contributed by atoms with Crippen molar-refractivity contribution in [3.05, 3.63) is 35.4 Å². The predicted octanol–water partition coefficient (Wildman–Crippen LogP) is 4.33. The molecule has 0 aliphatic rings. The third-order valence-electron chi connectivity index (χ3n) is 3.01. The number of rotatable bonds is 3. The lowest BCUT2D eigenvalue weighted by Crippen LogP contribution is -2.40. The number of halogens is 3. The van der Waals surface area contributed by atoms with Crippen LogP contribution in [0.3, 0.4) is 0 Å². The van der Waals surface area contributed by atoms with Crippen molar-refractivity contribution in [2.24, 2.45) is 0 Å². The molecule has 0 unspecified atom stereocenters. The molecule has 1 aromatic carbocycles. The van der Waals surface area contributed by atoms with Crippen LogP contribution in [0.15, 0.2) is 24.3 Å². The van der Waals surface area contributed by atoms with E-state index in [2.05, 4.69) is 0 Å². The minimum Gasteiger partial charge on any atom is -0.294 e. The average molecular weight is 259 g/mol. The zero-order valence-corrected chi connectivity index (χ0v) is 11.3. The lowest BCUT2D eigenvalue weighted by atomic mass is 10.0. The molecular formula is C14H20F3N. The van der Waals surface area contributed by atoms with E-state index < -0.39 is 11.7 Å². The van der Waals surface area contributed by atoms with E-state index in [9.17, 15) is 13.2 Å². The zero-order valence-electron chi connectivity index (χ0n) is 11.3. The van der Waals surface area contributed by atoms with Gasteiger partial charge in [0.05, 0.1) is 5.56 Å². The van der Waals surface area contributed by atoms with Gasteiger partial charge in [0, 0.05) is 12.1 Å². The molecule has 0 saturated carbocycles. The SMILES string of the molecule is CCN(Cc1ccccc1C(F)(F)F)C(C)(C)C. The summed E-state index contributed by atoms with van der Waals surface area (Å²) >= 11 is 0. The van der Waals surface area contributed by atoms with Gasteiger partial charge in [-0.05, 0) is 38.9 Å². The maximum Gasteiger partial charge on any atom is 0.416 e. The lowest BCUT2D eigenvalue weighted by Gasteiger charge is -2.35. The van der Waals surface area contributed by atoms with Gasteiger partial charge in [0.2, 0.25) is 0 Å². The van der Waals surface area contributed by atoms with Crippen LogP contribution in [0.4, 0.5) is 13.2 Å². The molecule has 18 heavy (non-hydrogen) atoms. The molecule has 4 heteroatoms. The summed E-state index contributed by atoms with van der Waals surface area (Å²) in [6, 6.07) is 5.78. The highest BCUT2D eigenvalue weighted by Gasteiger charge is 2.33. The normalized spacial score (nSPS) is 13.1. The number of hydrogen-bond acceptors (Lipinski definition) is 1. The number of alkyl halides is 3. The Morgan fingerprint density at radius 2 is 1.61 bits per heavy atom. The Morgan fingerprint density at radius 3 is 2.06 bits per heavy atom. The van der Waals surface area contributed by atoms with Gasteiger partial charge in [-0.2, -0.15) is 13.2 Å². The molecule has 0 heterocycles. The highest BCUT2D eigenvalue weighted by atomic mass is 19.4. The van der Waals surface area contributed by atoms with Gasteiger partial charge in [0.1, 0.15) is 0 Å². The van der Waals surface area contributed by atoms with Crippen LogP contribution in [-0.4, -0.2) is 17.0 Å². The fourth-order valence-corrected chi connectivity index (χ4v) is 1.96. The van der Waals surface area contributed by atoms with E-state index in [-0.39, 0.29) is 5.54 Å². The van der Waals surface area contributed by atoms with Crippen LogP contribution in [0.25, 0.3) is 0 Å². The highest BCUT2D eigenvalue weighted by molar-refractivity contribution is 5.29. The molecule has 0 aliphatic carbocycles. The Hall–Kier alpha value is -1.03. The Balaban J connectivity index is 3.04. The van der Waals surface area contributed by atoms with E-state index in [4.69, 9.17) is 0 Å². The zero-order chi connectivity index (χ0) is 14.0. The predicted molar refractivity (Wildman–Crippen MR) is 67.3 cm³/mol. The smallest absolute Gasteiger partial charge is 0.294 e. The second-order valence-corrected chi connectivity index (χ2v) is 5.34. The summed E-state index contributed by atoms with van der Waals surface area (Å²) in [6.07, 6.45) is -4.28. The van der Waals surface area contributed by atoms with Gasteiger partial charge in [-0.1, -0.05) is 25.1 Å². The first-order valence-electron chi connectivity index (χ1n) is 6.06. The number of benzene rings is 1. The molecule has 0 atom stereocenters. The summed E-state index contributed by atoms with van der Waals surface area (Å²) in [5, 5.41) is 0. The third kappa shape index (κ3) is 3.73. The van der Waals surface area contributed by atoms with Crippen molar-refractivity contribution in [1.82, 2.24) is 4.90 Å². The molecular weight excluding hydrogens is 239 g/mol. The van der Waals surface area contributed by atoms with Crippen LogP contribution in [0.1, 0.15) is 38.8 Å². The van der Waals surface area contributed by atoms with Crippen LogP contribution >= 0.6 is 0 Å². The first-order chi connectivity index (χ1) is 8.16. The summed E-state index contributed by atoms with van der Waals surface area (Å²) in [5.41, 5.74) is -0.345. The van der Waals surface area contributed by atoms with E-state index in [1.807, 2.05) is 32.6 Å². The molecule has 0 N–H and O–H groups in total. The Morgan fingerprint density at radius 1 is 1.06 bits per heavy atom. The van der Waals surface area contributed by atoms with Crippen LogP contribution in [0.5, 0.6) is 0 Å². The second-order valence-electron chi connectivity index (χ2n) is 5.34. The molecule has 0 bridgehead atoms. The topological polar surface area (TPSA) is 3.24 Å². The second kappa shape index (κ2) is 5.31. The van der Waals surface area contributed by atoms with Crippen molar-refractivity contribution < 1.29 is 13.2 Å². The van der Waals surface area contributed by atoms with Gasteiger partial charge in [0.15, 0.2) is 0 Å². The fraction of sp³-hybridized carbons (Fsp3) is 0.571. The van der Waals surface area contributed by atoms with Gasteiger partial charge in [0.25, 0.3) is 0 Å². The number of nitrogens with zero attached hydrogens (tertiary/aromatic N) is 1. The van der Waals surface area contributed by atoms with Gasteiger partial charge in [-0.25, -0.2) is 0 Å². The quantitative estimate of drug-likeness (QED) is 0.781. The van der Waals surface area contributed by atoms with Crippen molar-refractivity contribution in [3.8, 4) is 0 Å². The standard InChI is InChI=1S/C14H20F3N/c1-5-18(13(2,3)4)10-11-8-6-7-9-12(11)14(15,16)17/h6-9H,5,10H2,1-4H3. The van der Waals surface area contributed by atoms with Gasteiger partial charge >= 0.3 is 6.18 Å². The Bertz CT molecular complexity index is 391. The summed E-state index contributed by atoms with van der Waals surface area (Å²) in [6.45, 7) is 9.01. The molecule has 1 aromatic rings. The summed E-state index contributed by atoms with van der Waals surface area (Å²) < 4.78 is 38.6. The monoisotopic (exact) mass is 259 g/mol.